The number of carbonyl (C=O) groups excluding carboxylic acids is 1. The lowest BCUT2D eigenvalue weighted by atomic mass is 10.2. The van der Waals surface area contributed by atoms with Crippen molar-refractivity contribution in [1.82, 2.24) is 10.6 Å². The van der Waals surface area contributed by atoms with Gasteiger partial charge in [-0.05, 0) is 43.9 Å². The van der Waals surface area contributed by atoms with E-state index in [-0.39, 0.29) is 11.8 Å². The molecule has 1 aromatic heterocycles. The lowest BCUT2D eigenvalue weighted by Gasteiger charge is -2.05. The van der Waals surface area contributed by atoms with Crippen molar-refractivity contribution < 1.29 is 9.21 Å². The predicted molar refractivity (Wildman–Crippen MR) is 82.2 cm³/mol. The van der Waals surface area contributed by atoms with E-state index in [4.69, 9.17) is 4.42 Å². The number of nitrogens with one attached hydrogen (secondary N) is 2. The SMILES string of the molecule is CCCNCCNC(=O)C1CC1c1ccc(C2CC2C)o1. The average molecular weight is 290 g/mol. The quantitative estimate of drug-likeness (QED) is 0.724. The van der Waals surface area contributed by atoms with Crippen molar-refractivity contribution in [3.8, 4) is 0 Å². The van der Waals surface area contributed by atoms with Crippen molar-refractivity contribution in [1.29, 1.82) is 0 Å². The molecule has 4 heteroatoms. The zero-order chi connectivity index (χ0) is 14.8. The minimum atomic E-state index is 0.117. The highest BCUT2D eigenvalue weighted by Crippen LogP contribution is 2.51. The highest BCUT2D eigenvalue weighted by molar-refractivity contribution is 5.82. The van der Waals surface area contributed by atoms with Gasteiger partial charge in [0.25, 0.3) is 0 Å². The van der Waals surface area contributed by atoms with E-state index in [1.54, 1.807) is 0 Å². The van der Waals surface area contributed by atoms with E-state index in [1.807, 2.05) is 0 Å². The third-order valence-electron chi connectivity index (χ3n) is 4.64. The standard InChI is InChI=1S/C17H26N2O2/c1-3-6-18-7-8-19-17(20)14-10-13(14)16-5-4-15(21-16)12-9-11(12)2/h4-5,11-14,18H,3,6-10H2,1-2H3,(H,19,20). The van der Waals surface area contributed by atoms with Crippen molar-refractivity contribution in [2.75, 3.05) is 19.6 Å². The molecule has 116 valence electrons. The Kier molecular flexibility index (Phi) is 4.34. The number of hydrogen-bond donors (Lipinski definition) is 2. The molecule has 2 aliphatic rings. The summed E-state index contributed by atoms with van der Waals surface area (Å²) < 4.78 is 5.95. The van der Waals surface area contributed by atoms with Crippen molar-refractivity contribution in [3.63, 3.8) is 0 Å². The Morgan fingerprint density at radius 3 is 2.57 bits per heavy atom. The van der Waals surface area contributed by atoms with Gasteiger partial charge in [-0.2, -0.15) is 0 Å². The lowest BCUT2D eigenvalue weighted by molar-refractivity contribution is -0.122. The number of furan rings is 1. The fourth-order valence-corrected chi connectivity index (χ4v) is 2.99. The molecule has 4 atom stereocenters. The highest BCUT2D eigenvalue weighted by atomic mass is 16.3. The fraction of sp³-hybridized carbons (Fsp3) is 0.706. The first-order valence-electron chi connectivity index (χ1n) is 8.28. The van der Waals surface area contributed by atoms with E-state index in [1.165, 1.54) is 6.42 Å². The van der Waals surface area contributed by atoms with Crippen LogP contribution in [0, 0.1) is 11.8 Å². The third kappa shape index (κ3) is 3.49. The summed E-state index contributed by atoms with van der Waals surface area (Å²) in [5.41, 5.74) is 0. The molecule has 4 nitrogen and oxygen atoms in total. The van der Waals surface area contributed by atoms with Crippen LogP contribution in [0.4, 0.5) is 0 Å². The van der Waals surface area contributed by atoms with Crippen LogP contribution in [0.1, 0.15) is 56.5 Å². The molecule has 3 rings (SSSR count). The molecule has 2 saturated carbocycles. The lowest BCUT2D eigenvalue weighted by Crippen LogP contribution is -2.33. The van der Waals surface area contributed by atoms with Gasteiger partial charge in [0.15, 0.2) is 0 Å². The Labute approximate surface area is 126 Å². The summed E-state index contributed by atoms with van der Waals surface area (Å²) in [5, 5.41) is 6.30. The van der Waals surface area contributed by atoms with Gasteiger partial charge in [0, 0.05) is 30.8 Å². The van der Waals surface area contributed by atoms with Crippen LogP contribution >= 0.6 is 0 Å². The van der Waals surface area contributed by atoms with Gasteiger partial charge in [-0.25, -0.2) is 0 Å². The van der Waals surface area contributed by atoms with Crippen LogP contribution in [-0.2, 0) is 4.79 Å². The van der Waals surface area contributed by atoms with Gasteiger partial charge in [0.2, 0.25) is 5.91 Å². The van der Waals surface area contributed by atoms with Crippen LogP contribution in [0.3, 0.4) is 0 Å². The second-order valence-corrected chi connectivity index (χ2v) is 6.55. The smallest absolute Gasteiger partial charge is 0.223 e. The fourth-order valence-electron chi connectivity index (χ4n) is 2.99. The number of hydrogen-bond acceptors (Lipinski definition) is 3. The summed E-state index contributed by atoms with van der Waals surface area (Å²) in [6.45, 7) is 6.97. The van der Waals surface area contributed by atoms with E-state index < -0.39 is 0 Å². The summed E-state index contributed by atoms with van der Waals surface area (Å²) in [4.78, 5) is 12.0. The molecule has 0 saturated heterocycles. The zero-order valence-electron chi connectivity index (χ0n) is 13.0. The molecule has 1 aromatic rings. The van der Waals surface area contributed by atoms with E-state index in [0.717, 1.165) is 43.4 Å². The van der Waals surface area contributed by atoms with Crippen molar-refractivity contribution in [2.45, 2.75) is 44.9 Å². The van der Waals surface area contributed by atoms with Crippen molar-refractivity contribution in [2.24, 2.45) is 11.8 Å². The van der Waals surface area contributed by atoms with E-state index in [0.29, 0.717) is 18.4 Å². The van der Waals surface area contributed by atoms with Gasteiger partial charge in [0.05, 0.1) is 0 Å². The van der Waals surface area contributed by atoms with E-state index in [2.05, 4.69) is 36.6 Å². The first-order valence-corrected chi connectivity index (χ1v) is 8.28. The third-order valence-corrected chi connectivity index (χ3v) is 4.64. The van der Waals surface area contributed by atoms with Crippen LogP contribution < -0.4 is 10.6 Å². The molecular formula is C17H26N2O2. The summed E-state index contributed by atoms with van der Waals surface area (Å²) in [5.74, 6) is 4.10. The molecule has 21 heavy (non-hydrogen) atoms. The average Bonchev–Trinajstić information content (AvgIpc) is 3.37. The maximum absolute atomic E-state index is 12.0. The molecule has 4 unspecified atom stereocenters. The van der Waals surface area contributed by atoms with Crippen LogP contribution in [0.2, 0.25) is 0 Å². The molecule has 1 amide bonds. The number of rotatable bonds is 8. The largest absolute Gasteiger partial charge is 0.465 e. The normalized spacial score (nSPS) is 30.2. The number of amides is 1. The Morgan fingerprint density at radius 2 is 1.90 bits per heavy atom. The molecule has 2 fully saturated rings. The topological polar surface area (TPSA) is 54.3 Å². The van der Waals surface area contributed by atoms with Gasteiger partial charge >= 0.3 is 0 Å². The second kappa shape index (κ2) is 6.22. The molecule has 2 aliphatic carbocycles. The molecule has 0 aliphatic heterocycles. The van der Waals surface area contributed by atoms with Crippen LogP contribution in [0.5, 0.6) is 0 Å². The maximum Gasteiger partial charge on any atom is 0.223 e. The first kappa shape index (κ1) is 14.6. The number of carbonyl (C=O) groups is 1. The molecule has 2 N–H and O–H groups in total. The Bertz CT molecular complexity index is 497. The maximum atomic E-state index is 12.0. The Hall–Kier alpha value is -1.29. The molecule has 0 spiro atoms. The molecule has 1 heterocycles. The van der Waals surface area contributed by atoms with Gasteiger partial charge in [-0.1, -0.05) is 13.8 Å². The van der Waals surface area contributed by atoms with E-state index >= 15 is 0 Å². The minimum absolute atomic E-state index is 0.117. The molecule has 0 aromatic carbocycles. The van der Waals surface area contributed by atoms with Crippen molar-refractivity contribution in [3.05, 3.63) is 23.7 Å². The second-order valence-electron chi connectivity index (χ2n) is 6.55. The summed E-state index contributed by atoms with van der Waals surface area (Å²) in [6.07, 6.45) is 3.30. The van der Waals surface area contributed by atoms with E-state index in [9.17, 15) is 4.79 Å². The zero-order valence-corrected chi connectivity index (χ0v) is 13.0. The van der Waals surface area contributed by atoms with Crippen LogP contribution in [-0.4, -0.2) is 25.5 Å². The van der Waals surface area contributed by atoms with Crippen molar-refractivity contribution >= 4 is 5.91 Å². The van der Waals surface area contributed by atoms with Gasteiger partial charge in [-0.15, -0.1) is 0 Å². The summed E-state index contributed by atoms with van der Waals surface area (Å²) in [6, 6.07) is 4.17. The molecular weight excluding hydrogens is 264 g/mol. The van der Waals surface area contributed by atoms with Crippen LogP contribution in [0.15, 0.2) is 16.5 Å². The summed E-state index contributed by atoms with van der Waals surface area (Å²) >= 11 is 0. The van der Waals surface area contributed by atoms with Gasteiger partial charge < -0.3 is 15.1 Å². The monoisotopic (exact) mass is 290 g/mol. The Balaban J connectivity index is 1.41. The minimum Gasteiger partial charge on any atom is -0.465 e. The van der Waals surface area contributed by atoms with Crippen LogP contribution in [0.25, 0.3) is 0 Å². The predicted octanol–water partition coefficient (Wildman–Crippen LogP) is 2.62. The highest BCUT2D eigenvalue weighted by Gasteiger charge is 2.46. The van der Waals surface area contributed by atoms with Gasteiger partial charge in [-0.3, -0.25) is 4.79 Å². The molecule has 0 bridgehead atoms. The Morgan fingerprint density at radius 1 is 1.19 bits per heavy atom. The molecule has 0 radical (unpaired) electrons. The van der Waals surface area contributed by atoms with Gasteiger partial charge in [0.1, 0.15) is 11.5 Å². The first-order chi connectivity index (χ1) is 10.2. The summed E-state index contributed by atoms with van der Waals surface area (Å²) in [7, 11) is 0.